The number of nitrogens with one attached hydrogen (secondary N) is 1. The van der Waals surface area contributed by atoms with Gasteiger partial charge in [0.15, 0.2) is 0 Å². The second-order valence-electron chi connectivity index (χ2n) is 8.12. The van der Waals surface area contributed by atoms with Crippen molar-refractivity contribution in [1.82, 2.24) is 19.3 Å². The third-order valence-electron chi connectivity index (χ3n) is 5.68. The van der Waals surface area contributed by atoms with Gasteiger partial charge in [-0.25, -0.2) is 18.4 Å². The number of rotatable bonds is 8. The van der Waals surface area contributed by atoms with Crippen LogP contribution in [0.15, 0.2) is 70.6 Å². The van der Waals surface area contributed by atoms with Crippen LogP contribution >= 0.6 is 11.3 Å². The normalized spacial score (nSPS) is 15.2. The van der Waals surface area contributed by atoms with E-state index in [9.17, 15) is 8.42 Å². The van der Waals surface area contributed by atoms with Crippen LogP contribution in [0.5, 0.6) is 0 Å². The molecule has 0 radical (unpaired) electrons. The molecule has 0 spiro atoms. The van der Waals surface area contributed by atoms with E-state index >= 15 is 0 Å². The molecular formula is C25H27N7O2S2. The molecule has 0 atom stereocenters. The highest BCUT2D eigenvalue weighted by molar-refractivity contribution is 7.89. The molecule has 1 N–H and O–H groups in total. The standard InChI is InChI=1S/C25H27N7O2S2/c1-3-20(18-26)5-4-10-27-23-17-22(24-28-11-16-35-24)29-25(30-23)31-12-14-32(15-13-31)36(33,34)21-8-6-19(2)7-9-21/h3-9,11,16-17H,10,12-15H2,1-2H3,(H,27,29,30)/b5-4-,20-3+. The monoisotopic (exact) mass is 521 g/mol. The third-order valence-corrected chi connectivity index (χ3v) is 8.39. The second kappa shape index (κ2) is 11.4. The Hall–Kier alpha value is -3.59. The predicted molar refractivity (Wildman–Crippen MR) is 142 cm³/mol. The molecule has 4 rings (SSSR count). The Morgan fingerprint density at radius 1 is 1.19 bits per heavy atom. The van der Waals surface area contributed by atoms with Crippen LogP contribution in [0.2, 0.25) is 0 Å². The smallest absolute Gasteiger partial charge is 0.243 e. The van der Waals surface area contributed by atoms with E-state index in [1.807, 2.05) is 48.4 Å². The number of aromatic nitrogens is 3. The number of anilines is 2. The lowest BCUT2D eigenvalue weighted by Gasteiger charge is -2.34. The van der Waals surface area contributed by atoms with Gasteiger partial charge in [0.2, 0.25) is 16.0 Å². The maximum absolute atomic E-state index is 13.1. The molecule has 3 heterocycles. The highest BCUT2D eigenvalue weighted by atomic mass is 32.2. The molecular weight excluding hydrogens is 494 g/mol. The largest absolute Gasteiger partial charge is 0.366 e. The minimum atomic E-state index is -3.55. The summed E-state index contributed by atoms with van der Waals surface area (Å²) in [6.07, 6.45) is 7.09. The minimum absolute atomic E-state index is 0.306. The van der Waals surface area contributed by atoms with Crippen molar-refractivity contribution in [2.45, 2.75) is 18.7 Å². The number of hydrogen-bond acceptors (Lipinski definition) is 9. The molecule has 11 heteroatoms. The van der Waals surface area contributed by atoms with Gasteiger partial charge in [0.1, 0.15) is 16.5 Å². The Labute approximate surface area is 215 Å². The van der Waals surface area contributed by atoms with E-state index in [4.69, 9.17) is 10.2 Å². The Balaban J connectivity index is 1.50. The maximum Gasteiger partial charge on any atom is 0.243 e. The van der Waals surface area contributed by atoms with E-state index in [-0.39, 0.29) is 0 Å². The Morgan fingerprint density at radius 2 is 1.94 bits per heavy atom. The number of allylic oxidation sites excluding steroid dienone is 3. The third kappa shape index (κ3) is 5.96. The first-order valence-corrected chi connectivity index (χ1v) is 13.8. The molecule has 0 amide bonds. The highest BCUT2D eigenvalue weighted by Crippen LogP contribution is 2.26. The Kier molecular flexibility index (Phi) is 8.10. The van der Waals surface area contributed by atoms with E-state index < -0.39 is 10.0 Å². The number of benzene rings is 1. The number of nitriles is 1. The van der Waals surface area contributed by atoms with E-state index in [1.54, 1.807) is 30.5 Å². The van der Waals surface area contributed by atoms with Crippen LogP contribution in [-0.2, 0) is 10.0 Å². The molecule has 0 bridgehead atoms. The molecule has 186 valence electrons. The van der Waals surface area contributed by atoms with Crippen molar-refractivity contribution in [3.8, 4) is 16.8 Å². The summed E-state index contributed by atoms with van der Waals surface area (Å²) >= 11 is 1.49. The molecule has 1 aliphatic rings. The maximum atomic E-state index is 13.1. The van der Waals surface area contributed by atoms with Gasteiger partial charge in [-0.1, -0.05) is 29.8 Å². The van der Waals surface area contributed by atoms with Crippen LogP contribution in [0, 0.1) is 18.3 Å². The lowest BCUT2D eigenvalue weighted by atomic mass is 10.2. The number of aryl methyl sites for hydroxylation is 1. The van der Waals surface area contributed by atoms with Crippen molar-refractivity contribution in [2.75, 3.05) is 42.9 Å². The zero-order valence-electron chi connectivity index (χ0n) is 20.1. The van der Waals surface area contributed by atoms with E-state index in [1.165, 1.54) is 15.6 Å². The molecule has 0 aliphatic carbocycles. The molecule has 36 heavy (non-hydrogen) atoms. The summed E-state index contributed by atoms with van der Waals surface area (Å²) in [6, 6.07) is 10.9. The molecule has 1 aromatic carbocycles. The molecule has 9 nitrogen and oxygen atoms in total. The topological polar surface area (TPSA) is 115 Å². The Bertz CT molecular complexity index is 1390. The van der Waals surface area contributed by atoms with Crippen LogP contribution in [0.25, 0.3) is 10.7 Å². The van der Waals surface area contributed by atoms with Gasteiger partial charge in [-0.2, -0.15) is 14.6 Å². The van der Waals surface area contributed by atoms with Crippen LogP contribution < -0.4 is 10.2 Å². The van der Waals surface area contributed by atoms with Gasteiger partial charge in [0.05, 0.1) is 11.0 Å². The number of nitrogens with zero attached hydrogens (tertiary/aromatic N) is 6. The van der Waals surface area contributed by atoms with Crippen molar-refractivity contribution < 1.29 is 8.42 Å². The summed E-state index contributed by atoms with van der Waals surface area (Å²) in [7, 11) is -3.55. The van der Waals surface area contributed by atoms with Crippen molar-refractivity contribution in [1.29, 1.82) is 5.26 Å². The van der Waals surface area contributed by atoms with Gasteiger partial charge in [-0.15, -0.1) is 11.3 Å². The second-order valence-corrected chi connectivity index (χ2v) is 11.0. The van der Waals surface area contributed by atoms with Crippen LogP contribution in [0.1, 0.15) is 12.5 Å². The Morgan fingerprint density at radius 3 is 2.58 bits per heavy atom. The number of sulfonamides is 1. The van der Waals surface area contributed by atoms with Gasteiger partial charge in [0.25, 0.3) is 0 Å². The first kappa shape index (κ1) is 25.5. The summed E-state index contributed by atoms with van der Waals surface area (Å²) in [6.45, 7) is 5.85. The average Bonchev–Trinajstić information content (AvgIpc) is 3.44. The number of piperazine rings is 1. The van der Waals surface area contributed by atoms with Crippen molar-refractivity contribution in [2.24, 2.45) is 0 Å². The molecule has 2 aromatic heterocycles. The van der Waals surface area contributed by atoms with Crippen molar-refractivity contribution in [3.05, 3.63) is 71.3 Å². The molecule has 1 fully saturated rings. The van der Waals surface area contributed by atoms with Gasteiger partial charge >= 0.3 is 0 Å². The molecule has 1 saturated heterocycles. The van der Waals surface area contributed by atoms with Crippen LogP contribution in [0.3, 0.4) is 0 Å². The molecule has 0 unspecified atom stereocenters. The number of hydrogen-bond donors (Lipinski definition) is 1. The van der Waals surface area contributed by atoms with E-state index in [2.05, 4.69) is 21.4 Å². The summed E-state index contributed by atoms with van der Waals surface area (Å²) in [5.74, 6) is 1.15. The summed E-state index contributed by atoms with van der Waals surface area (Å²) < 4.78 is 27.7. The predicted octanol–water partition coefficient (Wildman–Crippen LogP) is 3.86. The fourth-order valence-electron chi connectivity index (χ4n) is 3.66. The van der Waals surface area contributed by atoms with Crippen molar-refractivity contribution >= 4 is 33.1 Å². The fraction of sp³-hybridized carbons (Fsp3) is 0.280. The van der Waals surface area contributed by atoms with Gasteiger partial charge < -0.3 is 10.2 Å². The minimum Gasteiger partial charge on any atom is -0.366 e. The summed E-state index contributed by atoms with van der Waals surface area (Å²) in [4.78, 5) is 16.1. The first-order valence-electron chi connectivity index (χ1n) is 11.5. The summed E-state index contributed by atoms with van der Waals surface area (Å²) in [5, 5.41) is 15.0. The van der Waals surface area contributed by atoms with Crippen LogP contribution in [0.4, 0.5) is 11.8 Å². The van der Waals surface area contributed by atoms with Gasteiger partial charge in [0, 0.05) is 55.9 Å². The zero-order valence-corrected chi connectivity index (χ0v) is 21.8. The van der Waals surface area contributed by atoms with Gasteiger partial charge in [-0.3, -0.25) is 0 Å². The fourth-order valence-corrected chi connectivity index (χ4v) is 5.68. The van der Waals surface area contributed by atoms with Crippen molar-refractivity contribution in [3.63, 3.8) is 0 Å². The molecule has 0 saturated carbocycles. The van der Waals surface area contributed by atoms with Gasteiger partial charge in [-0.05, 0) is 32.1 Å². The highest BCUT2D eigenvalue weighted by Gasteiger charge is 2.29. The molecule has 1 aliphatic heterocycles. The summed E-state index contributed by atoms with van der Waals surface area (Å²) in [5.41, 5.74) is 2.30. The lowest BCUT2D eigenvalue weighted by molar-refractivity contribution is 0.382. The SMILES string of the molecule is C/C=C(C#N)\C=C/CNc1cc(-c2nccs2)nc(N2CCN(S(=O)(=O)c3ccc(C)cc3)CC2)n1. The van der Waals surface area contributed by atoms with E-state index in [0.29, 0.717) is 60.7 Å². The molecule has 3 aromatic rings. The lowest BCUT2D eigenvalue weighted by Crippen LogP contribution is -2.49. The van der Waals surface area contributed by atoms with E-state index in [0.717, 1.165) is 10.6 Å². The average molecular weight is 522 g/mol. The first-order chi connectivity index (χ1) is 17.4. The van der Waals surface area contributed by atoms with Crippen LogP contribution in [-0.4, -0.2) is 60.4 Å². The number of thiazole rings is 1. The zero-order chi connectivity index (χ0) is 25.5. The quantitative estimate of drug-likeness (QED) is 0.351.